The molecule has 6 nitrogen and oxygen atoms in total. The number of rotatable bonds is 4. The average molecular weight is 484 g/mol. The third-order valence-electron chi connectivity index (χ3n) is 4.66. The number of carbonyl (C=O) groups excluding carboxylic acids is 2. The number of allylic oxidation sites excluding steroid dienone is 2. The number of aryl methyl sites for hydroxylation is 1. The van der Waals surface area contributed by atoms with Gasteiger partial charge in [0.15, 0.2) is 18.1 Å². The number of nitrogens with zero attached hydrogens (tertiary/aromatic N) is 1. The first-order chi connectivity index (χ1) is 14.3. The maximum atomic E-state index is 13.3. The predicted molar refractivity (Wildman–Crippen MR) is 114 cm³/mol. The van der Waals surface area contributed by atoms with Gasteiger partial charge in [0.25, 0.3) is 21.5 Å². The minimum atomic E-state index is -4.10. The van der Waals surface area contributed by atoms with E-state index in [0.717, 1.165) is 10.0 Å². The van der Waals surface area contributed by atoms with Gasteiger partial charge in [0.05, 0.1) is 4.90 Å². The molecule has 0 unspecified atom stereocenters. The summed E-state index contributed by atoms with van der Waals surface area (Å²) in [5.74, 6) is -0.996. The molecule has 0 aliphatic heterocycles. The number of halogens is 1. The van der Waals surface area contributed by atoms with Crippen LogP contribution < -0.4 is 9.29 Å². The van der Waals surface area contributed by atoms with Crippen LogP contribution in [0.3, 0.4) is 0 Å². The van der Waals surface area contributed by atoms with Gasteiger partial charge in [0, 0.05) is 27.2 Å². The molecule has 0 radical (unpaired) electrons. The Labute approximate surface area is 182 Å². The van der Waals surface area contributed by atoms with Crippen molar-refractivity contribution < 1.29 is 22.6 Å². The van der Waals surface area contributed by atoms with Crippen LogP contribution in [-0.2, 0) is 10.0 Å². The standard InChI is InChI=1S/C22H15BrN2O4S/c1-14-5-4-12-25(13-14)20-19(21(26)17-6-2-3-7-18(17)22(20)27)24-30(28,29)16-10-8-15(23)9-11-16/h2-13H,1H3/p+1. The van der Waals surface area contributed by atoms with Gasteiger partial charge in [-0.1, -0.05) is 40.2 Å². The summed E-state index contributed by atoms with van der Waals surface area (Å²) in [5, 5.41) is 0. The smallest absolute Gasteiger partial charge is 0.287 e. The van der Waals surface area contributed by atoms with E-state index >= 15 is 0 Å². The summed E-state index contributed by atoms with van der Waals surface area (Å²) in [6.45, 7) is 1.84. The van der Waals surface area contributed by atoms with Gasteiger partial charge in [0.2, 0.25) is 5.78 Å². The van der Waals surface area contributed by atoms with Crippen molar-refractivity contribution in [3.63, 3.8) is 0 Å². The average Bonchev–Trinajstić information content (AvgIpc) is 2.72. The molecule has 1 aliphatic carbocycles. The number of hydrogen-bond acceptors (Lipinski definition) is 4. The van der Waals surface area contributed by atoms with Crippen molar-refractivity contribution in [2.24, 2.45) is 0 Å². The van der Waals surface area contributed by atoms with Crippen LogP contribution in [0.5, 0.6) is 0 Å². The number of fused-ring (bicyclic) bond motifs is 1. The molecule has 0 atom stereocenters. The lowest BCUT2D eigenvalue weighted by Gasteiger charge is -2.18. The summed E-state index contributed by atoms with van der Waals surface area (Å²) < 4.78 is 30.5. The summed E-state index contributed by atoms with van der Waals surface area (Å²) in [5.41, 5.74) is 0.922. The quantitative estimate of drug-likeness (QED) is 0.577. The predicted octanol–water partition coefficient (Wildman–Crippen LogP) is 3.27. The van der Waals surface area contributed by atoms with Gasteiger partial charge in [-0.05, 0) is 37.3 Å². The van der Waals surface area contributed by atoms with Gasteiger partial charge in [0.1, 0.15) is 0 Å². The van der Waals surface area contributed by atoms with E-state index in [4.69, 9.17) is 0 Å². The van der Waals surface area contributed by atoms with Crippen LogP contribution in [0.25, 0.3) is 5.70 Å². The van der Waals surface area contributed by atoms with E-state index in [1.165, 1.54) is 22.8 Å². The number of nitrogens with one attached hydrogen (secondary N) is 1. The summed E-state index contributed by atoms with van der Waals surface area (Å²) in [6.07, 6.45) is 3.28. The SMILES string of the molecule is Cc1ccc[n+](C2=C(NS(=O)(=O)c3ccc(Br)cc3)C(=O)c3ccccc3C2=O)c1. The molecule has 0 fully saturated rings. The number of aromatic nitrogens is 1. The fraction of sp³-hybridized carbons (Fsp3) is 0.0455. The summed E-state index contributed by atoms with van der Waals surface area (Å²) in [7, 11) is -4.10. The van der Waals surface area contributed by atoms with Crippen LogP contribution in [-0.4, -0.2) is 20.0 Å². The van der Waals surface area contributed by atoms with E-state index in [-0.39, 0.29) is 27.4 Å². The summed E-state index contributed by atoms with van der Waals surface area (Å²) in [4.78, 5) is 26.5. The molecular formula is C22H16BrN2O4S+. The zero-order chi connectivity index (χ0) is 21.5. The Morgan fingerprint density at radius 3 is 2.13 bits per heavy atom. The number of pyridine rings is 1. The Kier molecular flexibility index (Phi) is 5.13. The lowest BCUT2D eigenvalue weighted by Crippen LogP contribution is -2.44. The number of sulfonamides is 1. The van der Waals surface area contributed by atoms with Crippen molar-refractivity contribution >= 4 is 43.2 Å². The van der Waals surface area contributed by atoms with Crippen LogP contribution in [0, 0.1) is 6.92 Å². The Hall–Kier alpha value is -3.10. The van der Waals surface area contributed by atoms with Gasteiger partial charge in [-0.25, -0.2) is 8.42 Å². The number of hydrogen-bond donors (Lipinski definition) is 1. The minimum Gasteiger partial charge on any atom is -0.287 e. The number of ketones is 2. The van der Waals surface area contributed by atoms with Crippen LogP contribution in [0.1, 0.15) is 26.3 Å². The fourth-order valence-electron chi connectivity index (χ4n) is 3.24. The first-order valence-electron chi connectivity index (χ1n) is 8.97. The van der Waals surface area contributed by atoms with Gasteiger partial charge in [-0.3, -0.25) is 14.3 Å². The molecule has 2 aromatic carbocycles. The van der Waals surface area contributed by atoms with Crippen molar-refractivity contribution in [3.05, 3.63) is 99.9 Å². The topological polar surface area (TPSA) is 84.2 Å². The maximum Gasteiger partial charge on any atom is 0.287 e. The van der Waals surface area contributed by atoms with Crippen molar-refractivity contribution in [2.45, 2.75) is 11.8 Å². The number of Topliss-reactive ketones (excluding diaryl/α,β-unsaturated/α-hetero) is 2. The van der Waals surface area contributed by atoms with Crippen LogP contribution in [0.2, 0.25) is 0 Å². The number of benzene rings is 2. The molecule has 0 bridgehead atoms. The highest BCUT2D eigenvalue weighted by Gasteiger charge is 2.40. The highest BCUT2D eigenvalue weighted by atomic mass is 79.9. The van der Waals surface area contributed by atoms with E-state index in [0.29, 0.717) is 0 Å². The highest BCUT2D eigenvalue weighted by molar-refractivity contribution is 9.10. The second-order valence-electron chi connectivity index (χ2n) is 6.78. The molecule has 0 amide bonds. The lowest BCUT2D eigenvalue weighted by molar-refractivity contribution is -0.577. The Bertz CT molecular complexity index is 1330. The lowest BCUT2D eigenvalue weighted by atomic mass is 9.90. The molecule has 1 aliphatic rings. The molecule has 150 valence electrons. The Balaban J connectivity index is 1.92. The van der Waals surface area contributed by atoms with Crippen molar-refractivity contribution in [2.75, 3.05) is 0 Å². The van der Waals surface area contributed by atoms with Gasteiger partial charge in [-0.15, -0.1) is 0 Å². The first-order valence-corrected chi connectivity index (χ1v) is 11.2. The van der Waals surface area contributed by atoms with Gasteiger partial charge in [-0.2, -0.15) is 4.57 Å². The van der Waals surface area contributed by atoms with Crippen molar-refractivity contribution in [3.8, 4) is 0 Å². The Morgan fingerprint density at radius 1 is 0.867 bits per heavy atom. The van der Waals surface area contributed by atoms with E-state index < -0.39 is 21.6 Å². The van der Waals surface area contributed by atoms with Crippen LogP contribution in [0.15, 0.2) is 88.1 Å². The molecule has 1 N–H and O–H groups in total. The molecule has 8 heteroatoms. The second kappa shape index (κ2) is 7.62. The monoisotopic (exact) mass is 483 g/mol. The molecule has 30 heavy (non-hydrogen) atoms. The highest BCUT2D eigenvalue weighted by Crippen LogP contribution is 2.26. The molecule has 3 aromatic rings. The maximum absolute atomic E-state index is 13.3. The molecule has 0 saturated heterocycles. The third kappa shape index (κ3) is 3.59. The number of carbonyl (C=O) groups is 2. The molecule has 1 aromatic heterocycles. The van der Waals surface area contributed by atoms with Crippen LogP contribution in [0.4, 0.5) is 0 Å². The van der Waals surface area contributed by atoms with Crippen molar-refractivity contribution in [1.29, 1.82) is 0 Å². The first kappa shape index (κ1) is 20.2. The summed E-state index contributed by atoms with van der Waals surface area (Å²) >= 11 is 3.27. The van der Waals surface area contributed by atoms with E-state index in [1.807, 2.05) is 13.0 Å². The van der Waals surface area contributed by atoms with Gasteiger partial charge < -0.3 is 0 Å². The van der Waals surface area contributed by atoms with Gasteiger partial charge >= 0.3 is 0 Å². The molecule has 0 spiro atoms. The second-order valence-corrected chi connectivity index (χ2v) is 9.37. The zero-order valence-corrected chi connectivity index (χ0v) is 18.2. The minimum absolute atomic E-state index is 0.0223. The Morgan fingerprint density at radius 2 is 1.50 bits per heavy atom. The van der Waals surface area contributed by atoms with Crippen LogP contribution >= 0.6 is 15.9 Å². The van der Waals surface area contributed by atoms with E-state index in [1.54, 1.807) is 48.8 Å². The van der Waals surface area contributed by atoms with E-state index in [2.05, 4.69) is 20.7 Å². The summed E-state index contributed by atoms with van der Waals surface area (Å²) in [6, 6.07) is 15.9. The van der Waals surface area contributed by atoms with E-state index in [9.17, 15) is 18.0 Å². The third-order valence-corrected chi connectivity index (χ3v) is 6.56. The molecule has 0 saturated carbocycles. The zero-order valence-electron chi connectivity index (χ0n) is 15.8. The largest absolute Gasteiger partial charge is 0.287 e. The molecule has 1 heterocycles. The normalized spacial score (nSPS) is 13.9. The van der Waals surface area contributed by atoms with Crippen molar-refractivity contribution in [1.82, 2.24) is 4.72 Å². The fourth-order valence-corrected chi connectivity index (χ4v) is 4.58. The molecular weight excluding hydrogens is 468 g/mol. The molecule has 4 rings (SSSR count).